The normalized spacial score (nSPS) is 19.5. The summed E-state index contributed by atoms with van der Waals surface area (Å²) in [6, 6.07) is 11.5. The first-order chi connectivity index (χ1) is 10.1. The van der Waals surface area contributed by atoms with E-state index in [9.17, 15) is 5.11 Å². The second kappa shape index (κ2) is 7.39. The lowest BCUT2D eigenvalue weighted by molar-refractivity contribution is 0.0869. The molecule has 2 unspecified atom stereocenters. The highest BCUT2D eigenvalue weighted by atomic mass is 16.3. The number of hydrogen-bond acceptors (Lipinski definition) is 3. The Morgan fingerprint density at radius 3 is 2.43 bits per heavy atom. The van der Waals surface area contributed by atoms with Crippen molar-refractivity contribution in [3.8, 4) is 0 Å². The summed E-state index contributed by atoms with van der Waals surface area (Å²) in [7, 11) is 0. The molecule has 1 fully saturated rings. The summed E-state index contributed by atoms with van der Waals surface area (Å²) in [5, 5.41) is 13.9. The van der Waals surface area contributed by atoms with Crippen molar-refractivity contribution >= 4 is 0 Å². The summed E-state index contributed by atoms with van der Waals surface area (Å²) in [4.78, 5) is 2.47. The van der Waals surface area contributed by atoms with Gasteiger partial charge >= 0.3 is 0 Å². The fraction of sp³-hybridized carbons (Fsp3) is 0.667. The monoisotopic (exact) mass is 290 g/mol. The highest BCUT2D eigenvalue weighted by molar-refractivity contribution is 5.26. The Labute approximate surface area is 129 Å². The molecule has 2 N–H and O–H groups in total. The van der Waals surface area contributed by atoms with Crippen molar-refractivity contribution in [2.75, 3.05) is 19.7 Å². The first kappa shape index (κ1) is 16.5. The van der Waals surface area contributed by atoms with E-state index in [1.54, 1.807) is 0 Å². The van der Waals surface area contributed by atoms with E-state index < -0.39 is 0 Å². The number of benzene rings is 1. The minimum atomic E-state index is -0.345. The molecule has 1 saturated carbocycles. The van der Waals surface area contributed by atoms with E-state index in [0.29, 0.717) is 12.1 Å². The molecule has 1 aliphatic carbocycles. The summed E-state index contributed by atoms with van der Waals surface area (Å²) in [6.45, 7) is 8.71. The fourth-order valence-electron chi connectivity index (χ4n) is 2.97. The smallest absolute Gasteiger partial charge is 0.0800 e. The van der Waals surface area contributed by atoms with Gasteiger partial charge in [0.25, 0.3) is 0 Å². The molecule has 2 atom stereocenters. The van der Waals surface area contributed by atoms with E-state index in [4.69, 9.17) is 0 Å². The second-order valence-corrected chi connectivity index (χ2v) is 6.35. The van der Waals surface area contributed by atoms with Gasteiger partial charge in [-0.05, 0) is 38.3 Å². The summed E-state index contributed by atoms with van der Waals surface area (Å²) in [5.41, 5.74) is 0.850. The second-order valence-electron chi connectivity index (χ2n) is 6.35. The molecule has 0 aliphatic heterocycles. The van der Waals surface area contributed by atoms with Crippen LogP contribution in [0.4, 0.5) is 0 Å². The molecule has 1 aromatic carbocycles. The van der Waals surface area contributed by atoms with Crippen molar-refractivity contribution in [3.63, 3.8) is 0 Å². The summed E-state index contributed by atoms with van der Waals surface area (Å²) < 4.78 is 0. The predicted octanol–water partition coefficient (Wildman–Crippen LogP) is 2.75. The van der Waals surface area contributed by atoms with Crippen molar-refractivity contribution in [2.45, 2.75) is 57.7 Å². The van der Waals surface area contributed by atoms with E-state index in [0.717, 1.165) is 19.5 Å². The molecule has 1 aromatic rings. The SMILES string of the molecule is CCC(C)N(CC)CC(CO)(NC1CC1)c1ccccc1. The maximum absolute atomic E-state index is 10.2. The number of nitrogens with zero attached hydrogens (tertiary/aromatic N) is 1. The number of likely N-dealkylation sites (N-methyl/N-ethyl adjacent to an activating group) is 1. The molecular formula is C18H30N2O. The molecule has 0 amide bonds. The molecule has 3 nitrogen and oxygen atoms in total. The van der Waals surface area contributed by atoms with Crippen LogP contribution in [0.1, 0.15) is 45.6 Å². The molecule has 0 saturated heterocycles. The van der Waals surface area contributed by atoms with Gasteiger partial charge in [0, 0.05) is 18.6 Å². The van der Waals surface area contributed by atoms with Crippen molar-refractivity contribution in [3.05, 3.63) is 35.9 Å². The van der Waals surface area contributed by atoms with Crippen molar-refractivity contribution < 1.29 is 5.11 Å². The summed E-state index contributed by atoms with van der Waals surface area (Å²) in [5.74, 6) is 0. The number of rotatable bonds is 9. The molecule has 2 rings (SSSR count). The number of aliphatic hydroxyl groups excluding tert-OH is 1. The van der Waals surface area contributed by atoms with Crippen molar-refractivity contribution in [2.24, 2.45) is 0 Å². The van der Waals surface area contributed by atoms with Gasteiger partial charge in [0.05, 0.1) is 12.1 Å². The zero-order chi connectivity index (χ0) is 15.3. The first-order valence-electron chi connectivity index (χ1n) is 8.33. The summed E-state index contributed by atoms with van der Waals surface area (Å²) >= 11 is 0. The molecular weight excluding hydrogens is 260 g/mol. The number of hydrogen-bond donors (Lipinski definition) is 2. The van der Waals surface area contributed by atoms with Gasteiger partial charge < -0.3 is 10.4 Å². The van der Waals surface area contributed by atoms with Gasteiger partial charge in [0.15, 0.2) is 0 Å². The highest BCUT2D eigenvalue weighted by Gasteiger charge is 2.39. The van der Waals surface area contributed by atoms with Crippen LogP contribution >= 0.6 is 0 Å². The fourth-order valence-corrected chi connectivity index (χ4v) is 2.97. The molecule has 0 spiro atoms. The maximum Gasteiger partial charge on any atom is 0.0800 e. The van der Waals surface area contributed by atoms with Gasteiger partial charge in [-0.25, -0.2) is 0 Å². The van der Waals surface area contributed by atoms with Gasteiger partial charge in [0.1, 0.15) is 0 Å². The van der Waals surface area contributed by atoms with Crippen LogP contribution in [-0.4, -0.2) is 41.8 Å². The Morgan fingerprint density at radius 2 is 1.95 bits per heavy atom. The standard InChI is InChI=1S/C18H30N2O/c1-4-15(3)20(5-2)13-18(14-21,19-17-11-12-17)16-9-7-6-8-10-16/h6-10,15,17,19,21H,4-5,11-14H2,1-3H3. The molecule has 0 bridgehead atoms. The van der Waals surface area contributed by atoms with Gasteiger partial charge in [-0.2, -0.15) is 0 Å². The molecule has 21 heavy (non-hydrogen) atoms. The Morgan fingerprint density at radius 1 is 1.29 bits per heavy atom. The molecule has 118 valence electrons. The lowest BCUT2D eigenvalue weighted by Crippen LogP contribution is -2.56. The van der Waals surface area contributed by atoms with E-state index in [-0.39, 0.29) is 12.1 Å². The number of nitrogens with one attached hydrogen (secondary N) is 1. The van der Waals surface area contributed by atoms with Gasteiger partial charge in [0.2, 0.25) is 0 Å². The topological polar surface area (TPSA) is 35.5 Å². The zero-order valence-corrected chi connectivity index (χ0v) is 13.7. The molecule has 0 heterocycles. The lowest BCUT2D eigenvalue weighted by Gasteiger charge is -2.40. The van der Waals surface area contributed by atoms with Gasteiger partial charge in [-0.3, -0.25) is 4.90 Å². The average molecular weight is 290 g/mol. The van der Waals surface area contributed by atoms with Crippen LogP contribution in [0.3, 0.4) is 0 Å². The largest absolute Gasteiger partial charge is 0.394 e. The Balaban J connectivity index is 2.25. The van der Waals surface area contributed by atoms with E-state index in [1.165, 1.54) is 18.4 Å². The van der Waals surface area contributed by atoms with Crippen LogP contribution in [-0.2, 0) is 5.54 Å². The van der Waals surface area contributed by atoms with Crippen LogP contribution in [0, 0.1) is 0 Å². The van der Waals surface area contributed by atoms with Crippen LogP contribution in [0.25, 0.3) is 0 Å². The molecule has 3 heteroatoms. The third-order valence-corrected chi connectivity index (χ3v) is 4.75. The quantitative estimate of drug-likeness (QED) is 0.734. The minimum Gasteiger partial charge on any atom is -0.394 e. The van der Waals surface area contributed by atoms with Crippen molar-refractivity contribution in [1.82, 2.24) is 10.2 Å². The van der Waals surface area contributed by atoms with Crippen LogP contribution < -0.4 is 5.32 Å². The van der Waals surface area contributed by atoms with E-state index in [2.05, 4.69) is 55.3 Å². The Kier molecular flexibility index (Phi) is 5.80. The Hall–Kier alpha value is -0.900. The third-order valence-electron chi connectivity index (χ3n) is 4.75. The van der Waals surface area contributed by atoms with E-state index >= 15 is 0 Å². The number of aliphatic hydroxyl groups is 1. The van der Waals surface area contributed by atoms with Crippen molar-refractivity contribution in [1.29, 1.82) is 0 Å². The maximum atomic E-state index is 10.2. The summed E-state index contributed by atoms with van der Waals surface area (Å²) in [6.07, 6.45) is 3.58. The van der Waals surface area contributed by atoms with E-state index in [1.807, 2.05) is 6.07 Å². The predicted molar refractivity (Wildman–Crippen MR) is 88.4 cm³/mol. The molecule has 0 aromatic heterocycles. The van der Waals surface area contributed by atoms with Crippen LogP contribution in [0.15, 0.2) is 30.3 Å². The zero-order valence-electron chi connectivity index (χ0n) is 13.7. The molecule has 1 aliphatic rings. The third kappa shape index (κ3) is 4.06. The minimum absolute atomic E-state index is 0.139. The average Bonchev–Trinajstić information content (AvgIpc) is 3.35. The molecule has 0 radical (unpaired) electrons. The Bertz CT molecular complexity index is 418. The van der Waals surface area contributed by atoms with Crippen LogP contribution in [0.5, 0.6) is 0 Å². The first-order valence-corrected chi connectivity index (χ1v) is 8.33. The van der Waals surface area contributed by atoms with Crippen LogP contribution in [0.2, 0.25) is 0 Å². The lowest BCUT2D eigenvalue weighted by atomic mass is 9.89. The highest BCUT2D eigenvalue weighted by Crippen LogP contribution is 2.30. The van der Waals surface area contributed by atoms with Gasteiger partial charge in [-0.1, -0.05) is 44.2 Å². The van der Waals surface area contributed by atoms with Gasteiger partial charge in [-0.15, -0.1) is 0 Å².